The van der Waals surface area contributed by atoms with Crippen LogP contribution in [0.25, 0.3) is 0 Å². The van der Waals surface area contributed by atoms with Gasteiger partial charge in [0.2, 0.25) is 5.91 Å². The molecule has 1 amide bonds. The minimum absolute atomic E-state index is 0.139. The van der Waals surface area contributed by atoms with E-state index in [1.807, 2.05) is 11.8 Å². The van der Waals surface area contributed by atoms with Crippen molar-refractivity contribution in [3.63, 3.8) is 0 Å². The fourth-order valence-corrected chi connectivity index (χ4v) is 3.04. The summed E-state index contributed by atoms with van der Waals surface area (Å²) in [7, 11) is 0. The van der Waals surface area contributed by atoms with Crippen molar-refractivity contribution in [1.29, 1.82) is 0 Å². The zero-order chi connectivity index (χ0) is 14.3. The molecule has 0 bridgehead atoms. The van der Waals surface area contributed by atoms with Gasteiger partial charge in [-0.1, -0.05) is 26.7 Å². The van der Waals surface area contributed by atoms with Gasteiger partial charge in [-0.25, -0.2) is 0 Å². The van der Waals surface area contributed by atoms with Crippen LogP contribution in [0.4, 0.5) is 0 Å². The lowest BCUT2D eigenvalue weighted by atomic mass is 9.68. The summed E-state index contributed by atoms with van der Waals surface area (Å²) in [6, 6.07) is 0. The van der Waals surface area contributed by atoms with Crippen molar-refractivity contribution >= 4 is 17.5 Å². The lowest BCUT2D eigenvalue weighted by Crippen LogP contribution is -2.44. The Kier molecular flexibility index (Phi) is 7.16. The van der Waals surface area contributed by atoms with Crippen LogP contribution in [-0.2, 0) is 9.53 Å². The Hall–Kier alpha value is -0.280. The van der Waals surface area contributed by atoms with Gasteiger partial charge in [0.05, 0.1) is 13.2 Å². The van der Waals surface area contributed by atoms with Gasteiger partial charge in [0.1, 0.15) is 0 Å². The molecule has 0 radical (unpaired) electrons. The number of alkyl halides is 1. The highest BCUT2D eigenvalue weighted by Crippen LogP contribution is 2.41. The molecule has 4 heteroatoms. The Bertz CT molecular complexity index is 281. The second kappa shape index (κ2) is 8.11. The summed E-state index contributed by atoms with van der Waals surface area (Å²) in [4.78, 5) is 14.6. The highest BCUT2D eigenvalue weighted by molar-refractivity contribution is 6.17. The predicted octanol–water partition coefficient (Wildman–Crippen LogP) is 3.31. The Morgan fingerprint density at radius 1 is 1.37 bits per heavy atom. The van der Waals surface area contributed by atoms with Crippen molar-refractivity contribution in [2.45, 2.75) is 46.5 Å². The molecule has 1 rings (SSSR count). The molecular formula is C15H28ClNO2. The van der Waals surface area contributed by atoms with Gasteiger partial charge in [-0.2, -0.15) is 0 Å². The maximum atomic E-state index is 12.7. The van der Waals surface area contributed by atoms with Crippen LogP contribution in [0.2, 0.25) is 0 Å². The van der Waals surface area contributed by atoms with Crippen LogP contribution in [0.1, 0.15) is 46.5 Å². The highest BCUT2D eigenvalue weighted by Gasteiger charge is 2.38. The Morgan fingerprint density at radius 3 is 2.68 bits per heavy atom. The Balaban J connectivity index is 2.52. The molecule has 1 aliphatic carbocycles. The minimum Gasteiger partial charge on any atom is -0.378 e. The number of halogens is 1. The summed E-state index contributed by atoms with van der Waals surface area (Å²) >= 11 is 5.57. The number of ether oxygens (including phenoxy) is 1. The number of hydrogen-bond acceptors (Lipinski definition) is 2. The number of carbonyl (C=O) groups excluding carboxylic acids is 1. The van der Waals surface area contributed by atoms with Crippen molar-refractivity contribution in [3.8, 4) is 0 Å². The van der Waals surface area contributed by atoms with Crippen LogP contribution in [0.3, 0.4) is 0 Å². The van der Waals surface area contributed by atoms with Crippen molar-refractivity contribution in [1.82, 2.24) is 4.90 Å². The summed E-state index contributed by atoms with van der Waals surface area (Å²) in [5, 5.41) is 0. The molecule has 1 fully saturated rings. The lowest BCUT2D eigenvalue weighted by molar-refractivity contribution is -0.141. The standard InChI is InChI=1S/C15H28ClNO2/c1-4-17(10-12-19-11-9-16)14(18)13-7-5-6-8-15(13,2)3/h13H,4-12H2,1-3H3. The van der Waals surface area contributed by atoms with Gasteiger partial charge in [-0.15, -0.1) is 11.6 Å². The monoisotopic (exact) mass is 289 g/mol. The minimum atomic E-state index is 0.139. The van der Waals surface area contributed by atoms with E-state index >= 15 is 0 Å². The molecule has 0 aromatic rings. The maximum Gasteiger partial charge on any atom is 0.226 e. The molecule has 0 heterocycles. The van der Waals surface area contributed by atoms with E-state index in [0.717, 1.165) is 19.4 Å². The van der Waals surface area contributed by atoms with Crippen molar-refractivity contribution in [2.75, 3.05) is 32.2 Å². The molecule has 3 nitrogen and oxygen atoms in total. The third-order valence-corrected chi connectivity index (χ3v) is 4.38. The molecule has 0 aliphatic heterocycles. The van der Waals surface area contributed by atoms with E-state index in [9.17, 15) is 4.79 Å². The second-order valence-electron chi connectivity index (χ2n) is 6.01. The van der Waals surface area contributed by atoms with E-state index in [0.29, 0.717) is 31.5 Å². The van der Waals surface area contributed by atoms with E-state index < -0.39 is 0 Å². The van der Waals surface area contributed by atoms with E-state index in [1.54, 1.807) is 0 Å². The zero-order valence-corrected chi connectivity index (χ0v) is 13.3. The summed E-state index contributed by atoms with van der Waals surface area (Å²) in [6.07, 6.45) is 4.62. The Labute approximate surface area is 122 Å². The molecule has 0 aromatic heterocycles. The largest absolute Gasteiger partial charge is 0.378 e. The van der Waals surface area contributed by atoms with Gasteiger partial charge >= 0.3 is 0 Å². The lowest BCUT2D eigenvalue weighted by Gasteiger charge is -2.40. The first kappa shape index (κ1) is 16.8. The normalized spacial score (nSPS) is 22.2. The van der Waals surface area contributed by atoms with E-state index in [1.165, 1.54) is 12.8 Å². The molecule has 1 aliphatic rings. The van der Waals surface area contributed by atoms with Gasteiger partial charge in [-0.05, 0) is 25.2 Å². The van der Waals surface area contributed by atoms with Gasteiger partial charge in [0.25, 0.3) is 0 Å². The second-order valence-corrected chi connectivity index (χ2v) is 6.38. The summed E-state index contributed by atoms with van der Waals surface area (Å²) in [5.41, 5.74) is 0.139. The van der Waals surface area contributed by atoms with Gasteiger partial charge in [0, 0.05) is 24.9 Å². The predicted molar refractivity (Wildman–Crippen MR) is 79.5 cm³/mol. The molecule has 19 heavy (non-hydrogen) atoms. The summed E-state index contributed by atoms with van der Waals surface area (Å²) in [6.45, 7) is 9.07. The average molecular weight is 290 g/mol. The highest BCUT2D eigenvalue weighted by atomic mass is 35.5. The van der Waals surface area contributed by atoms with Crippen LogP contribution in [0.5, 0.6) is 0 Å². The number of rotatable bonds is 7. The number of nitrogens with zero attached hydrogens (tertiary/aromatic N) is 1. The van der Waals surface area contributed by atoms with Crippen molar-refractivity contribution in [2.24, 2.45) is 11.3 Å². The first-order chi connectivity index (χ1) is 9.03. The van der Waals surface area contributed by atoms with Gasteiger partial charge in [-0.3, -0.25) is 4.79 Å². The van der Waals surface area contributed by atoms with E-state index in [-0.39, 0.29) is 11.3 Å². The van der Waals surface area contributed by atoms with E-state index in [4.69, 9.17) is 16.3 Å². The number of hydrogen-bond donors (Lipinski definition) is 0. The number of likely N-dealkylation sites (N-methyl/N-ethyl adjacent to an activating group) is 1. The Morgan fingerprint density at radius 2 is 2.11 bits per heavy atom. The number of amides is 1. The van der Waals surface area contributed by atoms with Crippen LogP contribution >= 0.6 is 11.6 Å². The molecule has 1 saturated carbocycles. The third kappa shape index (κ3) is 4.96. The molecule has 0 saturated heterocycles. The molecular weight excluding hydrogens is 262 g/mol. The molecule has 0 spiro atoms. The average Bonchev–Trinajstić information content (AvgIpc) is 2.38. The third-order valence-electron chi connectivity index (χ3n) is 4.23. The van der Waals surface area contributed by atoms with Gasteiger partial charge in [0.15, 0.2) is 0 Å². The smallest absolute Gasteiger partial charge is 0.226 e. The molecule has 0 N–H and O–H groups in total. The summed E-state index contributed by atoms with van der Waals surface area (Å²) < 4.78 is 5.38. The first-order valence-electron chi connectivity index (χ1n) is 7.45. The first-order valence-corrected chi connectivity index (χ1v) is 7.99. The van der Waals surface area contributed by atoms with Crippen molar-refractivity contribution in [3.05, 3.63) is 0 Å². The quantitative estimate of drug-likeness (QED) is 0.532. The molecule has 0 aromatic carbocycles. The fourth-order valence-electron chi connectivity index (χ4n) is 2.93. The number of carbonyl (C=O) groups is 1. The SMILES string of the molecule is CCN(CCOCCCl)C(=O)C1CCCCC1(C)C. The van der Waals surface area contributed by atoms with Crippen LogP contribution in [0, 0.1) is 11.3 Å². The summed E-state index contributed by atoms with van der Waals surface area (Å²) in [5.74, 6) is 0.992. The fraction of sp³-hybridized carbons (Fsp3) is 0.933. The molecule has 112 valence electrons. The van der Waals surface area contributed by atoms with Crippen molar-refractivity contribution < 1.29 is 9.53 Å². The van der Waals surface area contributed by atoms with Crippen LogP contribution < -0.4 is 0 Å². The molecule has 1 unspecified atom stereocenters. The topological polar surface area (TPSA) is 29.5 Å². The van der Waals surface area contributed by atoms with Crippen LogP contribution in [-0.4, -0.2) is 43.0 Å². The van der Waals surface area contributed by atoms with Crippen LogP contribution in [0.15, 0.2) is 0 Å². The maximum absolute atomic E-state index is 12.7. The molecule has 1 atom stereocenters. The van der Waals surface area contributed by atoms with Gasteiger partial charge < -0.3 is 9.64 Å². The van der Waals surface area contributed by atoms with E-state index in [2.05, 4.69) is 13.8 Å². The zero-order valence-electron chi connectivity index (χ0n) is 12.6.